The predicted octanol–water partition coefficient (Wildman–Crippen LogP) is 4.34. The van der Waals surface area contributed by atoms with Gasteiger partial charge in [0.05, 0.1) is 23.6 Å². The second kappa shape index (κ2) is 7.99. The van der Waals surface area contributed by atoms with Crippen molar-refractivity contribution in [2.24, 2.45) is 5.73 Å². The molecule has 0 amide bonds. The lowest BCUT2D eigenvalue weighted by Gasteiger charge is -2.29. The van der Waals surface area contributed by atoms with Crippen LogP contribution >= 0.6 is 0 Å². The van der Waals surface area contributed by atoms with Crippen molar-refractivity contribution in [1.82, 2.24) is 0 Å². The van der Waals surface area contributed by atoms with Gasteiger partial charge in [0, 0.05) is 5.57 Å². The Balaban J connectivity index is 1.93. The summed E-state index contributed by atoms with van der Waals surface area (Å²) in [5.41, 5.74) is 7.16. The van der Waals surface area contributed by atoms with Crippen molar-refractivity contribution < 1.29 is 9.47 Å². The van der Waals surface area contributed by atoms with E-state index in [0.717, 1.165) is 0 Å². The summed E-state index contributed by atoms with van der Waals surface area (Å²) in [6.45, 7) is 3.88. The van der Waals surface area contributed by atoms with Crippen molar-refractivity contribution in [2.45, 2.75) is 19.4 Å². The molecule has 1 heterocycles. The number of hydrogen-bond donors (Lipinski definition) is 3. The van der Waals surface area contributed by atoms with Crippen LogP contribution < -0.4 is 15.8 Å². The second-order valence-corrected chi connectivity index (χ2v) is 6.87. The molecule has 0 spiro atoms. The van der Waals surface area contributed by atoms with Gasteiger partial charge in [-0.3, -0.25) is 0 Å². The van der Waals surface area contributed by atoms with Crippen LogP contribution in [0.25, 0.3) is 0 Å². The number of para-hydroxylation sites is 3. The van der Waals surface area contributed by atoms with Gasteiger partial charge in [-0.1, -0.05) is 30.3 Å². The molecule has 1 aliphatic rings. The van der Waals surface area contributed by atoms with Crippen molar-refractivity contribution in [3.63, 3.8) is 0 Å². The fourth-order valence-electron chi connectivity index (χ4n) is 2.78. The molecule has 4 N–H and O–H groups in total. The maximum Gasteiger partial charge on any atom is 0.150 e. The van der Waals surface area contributed by atoms with Crippen LogP contribution in [0, 0.1) is 16.7 Å². The van der Waals surface area contributed by atoms with E-state index < -0.39 is 5.60 Å². The number of benzene rings is 2. The summed E-state index contributed by atoms with van der Waals surface area (Å²) >= 11 is 0. The van der Waals surface area contributed by atoms with Crippen molar-refractivity contribution >= 4 is 11.4 Å². The summed E-state index contributed by atoms with van der Waals surface area (Å²) in [4.78, 5) is 0. The van der Waals surface area contributed by atoms with E-state index in [1.54, 1.807) is 6.08 Å². The van der Waals surface area contributed by atoms with Crippen LogP contribution in [-0.4, -0.2) is 17.9 Å². The molecule has 0 saturated heterocycles. The highest BCUT2D eigenvalue weighted by Gasteiger charge is 2.27. The molecule has 142 valence electrons. The number of nitrogens with two attached hydrogens (primary N) is 1. The number of nitrogens with one attached hydrogen (secondary N) is 2. The molecule has 0 aliphatic carbocycles. The average Bonchev–Trinajstić information content (AvgIpc) is 2.67. The highest BCUT2D eigenvalue weighted by atomic mass is 16.5. The number of nitrogens with zero attached hydrogens (tertiary/aromatic N) is 1. The van der Waals surface area contributed by atoms with Crippen molar-refractivity contribution in [3.8, 4) is 17.6 Å². The summed E-state index contributed by atoms with van der Waals surface area (Å²) in [5, 5.41) is 20.9. The van der Waals surface area contributed by atoms with Crippen LogP contribution in [-0.2, 0) is 4.74 Å². The summed E-state index contributed by atoms with van der Waals surface area (Å²) < 4.78 is 11.5. The van der Waals surface area contributed by atoms with E-state index in [-0.39, 0.29) is 23.7 Å². The Hall–Kier alpha value is -3.56. The van der Waals surface area contributed by atoms with E-state index in [1.165, 1.54) is 0 Å². The molecule has 0 fully saturated rings. The van der Waals surface area contributed by atoms with Crippen LogP contribution in [0.4, 0.5) is 5.69 Å². The van der Waals surface area contributed by atoms with Gasteiger partial charge >= 0.3 is 0 Å². The predicted molar refractivity (Wildman–Crippen MR) is 109 cm³/mol. The van der Waals surface area contributed by atoms with E-state index >= 15 is 0 Å². The molecule has 6 nitrogen and oxygen atoms in total. The zero-order chi connectivity index (χ0) is 20.1. The SMILES string of the molecule is CC1(C)C=C(/C(C#N)=C(/N)Nc2ccccc2Oc2ccccc2)C(=N)CO1. The third-order valence-corrected chi connectivity index (χ3v) is 4.18. The Bertz CT molecular complexity index is 985. The molecule has 0 atom stereocenters. The van der Waals surface area contributed by atoms with E-state index in [1.807, 2.05) is 68.4 Å². The first-order valence-corrected chi connectivity index (χ1v) is 8.83. The van der Waals surface area contributed by atoms with E-state index in [0.29, 0.717) is 22.8 Å². The first-order chi connectivity index (χ1) is 13.4. The molecule has 0 bridgehead atoms. The topological polar surface area (TPSA) is 104 Å². The second-order valence-electron chi connectivity index (χ2n) is 6.87. The minimum atomic E-state index is -0.573. The van der Waals surface area contributed by atoms with Crippen LogP contribution in [0.15, 0.2) is 77.6 Å². The molecular weight excluding hydrogens is 352 g/mol. The van der Waals surface area contributed by atoms with Crippen LogP contribution in [0.2, 0.25) is 0 Å². The minimum absolute atomic E-state index is 0.130. The Labute approximate surface area is 164 Å². The molecule has 2 aromatic rings. The summed E-state index contributed by atoms with van der Waals surface area (Å²) in [5.74, 6) is 1.42. The van der Waals surface area contributed by atoms with Gasteiger partial charge in [-0.2, -0.15) is 5.26 Å². The van der Waals surface area contributed by atoms with E-state index in [4.69, 9.17) is 20.6 Å². The van der Waals surface area contributed by atoms with Crippen LogP contribution in [0.5, 0.6) is 11.5 Å². The summed E-state index contributed by atoms with van der Waals surface area (Å²) in [6.07, 6.45) is 1.75. The van der Waals surface area contributed by atoms with Gasteiger partial charge in [0.2, 0.25) is 0 Å². The normalized spacial score (nSPS) is 16.5. The molecule has 0 unspecified atom stereocenters. The fourth-order valence-corrected chi connectivity index (χ4v) is 2.78. The maximum atomic E-state index is 9.68. The quantitative estimate of drug-likeness (QED) is 0.675. The third kappa shape index (κ3) is 4.40. The Kier molecular flexibility index (Phi) is 5.48. The number of allylic oxidation sites excluding steroid dienone is 1. The number of hydrogen-bond acceptors (Lipinski definition) is 6. The van der Waals surface area contributed by atoms with E-state index in [9.17, 15) is 5.26 Å². The van der Waals surface area contributed by atoms with Gasteiger partial charge in [0.15, 0.2) is 5.75 Å². The lowest BCUT2D eigenvalue weighted by Crippen LogP contribution is -2.33. The number of nitriles is 1. The monoisotopic (exact) mass is 374 g/mol. The molecule has 28 heavy (non-hydrogen) atoms. The Morgan fingerprint density at radius 1 is 1.18 bits per heavy atom. The average molecular weight is 374 g/mol. The zero-order valence-electron chi connectivity index (χ0n) is 15.8. The molecule has 0 radical (unpaired) electrons. The molecule has 3 rings (SSSR count). The summed E-state index contributed by atoms with van der Waals surface area (Å²) in [6, 6.07) is 18.8. The zero-order valence-corrected chi connectivity index (χ0v) is 15.8. The number of anilines is 1. The number of ether oxygens (including phenoxy) is 2. The molecular formula is C22H22N4O2. The standard InChI is InChI=1S/C22H22N4O2/c1-22(2)12-16(18(24)14-27-22)17(13-23)21(25)26-19-10-6-7-11-20(19)28-15-8-4-3-5-9-15/h3-12,24,26H,14,25H2,1-2H3/b21-17-,24-18?. The number of rotatable bonds is 5. The molecule has 0 saturated carbocycles. The molecule has 1 aliphatic heterocycles. The van der Waals surface area contributed by atoms with Gasteiger partial charge in [0.1, 0.15) is 23.2 Å². The van der Waals surface area contributed by atoms with Gasteiger partial charge in [-0.05, 0) is 44.2 Å². The minimum Gasteiger partial charge on any atom is -0.455 e. The van der Waals surface area contributed by atoms with Crippen LogP contribution in [0.1, 0.15) is 13.8 Å². The van der Waals surface area contributed by atoms with Crippen molar-refractivity contribution in [2.75, 3.05) is 11.9 Å². The van der Waals surface area contributed by atoms with Crippen molar-refractivity contribution in [1.29, 1.82) is 10.7 Å². The van der Waals surface area contributed by atoms with Gasteiger partial charge < -0.3 is 25.9 Å². The molecule has 2 aromatic carbocycles. The first kappa shape index (κ1) is 19.2. The van der Waals surface area contributed by atoms with Crippen LogP contribution in [0.3, 0.4) is 0 Å². The molecule has 6 heteroatoms. The Morgan fingerprint density at radius 2 is 1.86 bits per heavy atom. The highest BCUT2D eigenvalue weighted by molar-refractivity contribution is 6.04. The van der Waals surface area contributed by atoms with E-state index in [2.05, 4.69) is 11.4 Å². The Morgan fingerprint density at radius 3 is 2.57 bits per heavy atom. The lowest BCUT2D eigenvalue weighted by atomic mass is 9.93. The van der Waals surface area contributed by atoms with Crippen molar-refractivity contribution in [3.05, 3.63) is 77.6 Å². The molecule has 0 aromatic heterocycles. The summed E-state index contributed by atoms with van der Waals surface area (Å²) in [7, 11) is 0. The largest absolute Gasteiger partial charge is 0.455 e. The highest BCUT2D eigenvalue weighted by Crippen LogP contribution is 2.31. The lowest BCUT2D eigenvalue weighted by molar-refractivity contribution is 0.0409. The fraction of sp³-hybridized carbons (Fsp3) is 0.182. The maximum absolute atomic E-state index is 9.68. The smallest absolute Gasteiger partial charge is 0.150 e. The third-order valence-electron chi connectivity index (χ3n) is 4.18. The van der Waals surface area contributed by atoms with Gasteiger partial charge in [0.25, 0.3) is 0 Å². The first-order valence-electron chi connectivity index (χ1n) is 8.83. The van der Waals surface area contributed by atoms with Gasteiger partial charge in [-0.15, -0.1) is 0 Å². The van der Waals surface area contributed by atoms with Gasteiger partial charge in [-0.25, -0.2) is 0 Å².